The number of hydrogen-bond donors (Lipinski definition) is 1. The van der Waals surface area contributed by atoms with Gasteiger partial charge in [0.15, 0.2) is 0 Å². The molecule has 1 saturated carbocycles. The second-order valence-electron chi connectivity index (χ2n) is 4.15. The van der Waals surface area contributed by atoms with Crippen LogP contribution in [0.3, 0.4) is 0 Å². The van der Waals surface area contributed by atoms with Gasteiger partial charge in [-0.1, -0.05) is 26.2 Å². The molecule has 82 valence electrons. The molecule has 4 heteroatoms. The van der Waals surface area contributed by atoms with Crippen LogP contribution in [-0.2, 0) is 0 Å². The number of aliphatic hydroxyl groups excluding tert-OH is 1. The van der Waals surface area contributed by atoms with Crippen LogP contribution in [0.25, 0.3) is 0 Å². The molecule has 4 nitrogen and oxygen atoms in total. The number of nitrogens with zero attached hydrogens (tertiary/aromatic N) is 1. The van der Waals surface area contributed by atoms with Gasteiger partial charge in [-0.2, -0.15) is 0 Å². The lowest BCUT2D eigenvalue weighted by atomic mass is 9.82. The fraction of sp³-hybridized carbons (Fsp3) is 1.00. The third-order valence-corrected chi connectivity index (χ3v) is 3.22. The zero-order chi connectivity index (χ0) is 10.6. The van der Waals surface area contributed by atoms with Crippen molar-refractivity contribution in [1.29, 1.82) is 0 Å². The molecular formula is C10H19NO3. The largest absolute Gasteiger partial charge is 0.386 e. The molecule has 1 rings (SSSR count). The molecule has 0 bridgehead atoms. The highest BCUT2D eigenvalue weighted by Gasteiger charge is 2.34. The lowest BCUT2D eigenvalue weighted by molar-refractivity contribution is -0.537. The summed E-state index contributed by atoms with van der Waals surface area (Å²) in [5, 5.41) is 20.5. The predicted molar refractivity (Wildman–Crippen MR) is 53.7 cm³/mol. The molecule has 0 saturated heterocycles. The quantitative estimate of drug-likeness (QED) is 0.558. The number of rotatable bonds is 4. The van der Waals surface area contributed by atoms with Crippen LogP contribution in [0.2, 0.25) is 0 Å². The summed E-state index contributed by atoms with van der Waals surface area (Å²) in [6.07, 6.45) is 5.00. The summed E-state index contributed by atoms with van der Waals surface area (Å²) in [6, 6.07) is -0.766. The van der Waals surface area contributed by atoms with Crippen molar-refractivity contribution in [2.24, 2.45) is 5.92 Å². The topological polar surface area (TPSA) is 63.4 Å². The summed E-state index contributed by atoms with van der Waals surface area (Å²) in [6.45, 7) is 1.76. The summed E-state index contributed by atoms with van der Waals surface area (Å²) in [7, 11) is 0. The van der Waals surface area contributed by atoms with Gasteiger partial charge in [0.1, 0.15) is 6.10 Å². The predicted octanol–water partition coefficient (Wildman–Crippen LogP) is 1.98. The summed E-state index contributed by atoms with van der Waals surface area (Å²) in [5.41, 5.74) is 0. The second kappa shape index (κ2) is 5.29. The van der Waals surface area contributed by atoms with Gasteiger partial charge < -0.3 is 5.11 Å². The van der Waals surface area contributed by atoms with Crippen molar-refractivity contribution in [2.75, 3.05) is 0 Å². The van der Waals surface area contributed by atoms with E-state index in [0.29, 0.717) is 6.42 Å². The van der Waals surface area contributed by atoms with Gasteiger partial charge in [0.05, 0.1) is 0 Å². The molecule has 1 aliphatic rings. The summed E-state index contributed by atoms with van der Waals surface area (Å²) in [4.78, 5) is 10.3. The van der Waals surface area contributed by atoms with E-state index in [9.17, 15) is 15.2 Å². The maximum atomic E-state index is 10.7. The van der Waals surface area contributed by atoms with Crippen molar-refractivity contribution in [1.82, 2.24) is 0 Å². The van der Waals surface area contributed by atoms with Crippen LogP contribution >= 0.6 is 0 Å². The van der Waals surface area contributed by atoms with E-state index in [1.165, 1.54) is 6.42 Å². The van der Waals surface area contributed by atoms with E-state index in [4.69, 9.17) is 0 Å². The van der Waals surface area contributed by atoms with Crippen LogP contribution in [0.4, 0.5) is 0 Å². The first-order chi connectivity index (χ1) is 6.66. The molecule has 0 unspecified atom stereocenters. The van der Waals surface area contributed by atoms with Gasteiger partial charge in [-0.15, -0.1) is 0 Å². The molecule has 0 aromatic carbocycles. The van der Waals surface area contributed by atoms with Gasteiger partial charge in [0, 0.05) is 11.3 Å². The van der Waals surface area contributed by atoms with Gasteiger partial charge in [0.2, 0.25) is 6.04 Å². The highest BCUT2D eigenvalue weighted by Crippen LogP contribution is 2.28. The Morgan fingerprint density at radius 2 is 2.00 bits per heavy atom. The highest BCUT2D eigenvalue weighted by molar-refractivity contribution is 4.78. The minimum absolute atomic E-state index is 0.152. The Morgan fingerprint density at radius 3 is 2.43 bits per heavy atom. The fourth-order valence-electron chi connectivity index (χ4n) is 2.31. The SMILES string of the molecule is CC[C@H]([C@@H](O)C1CCCCC1)[N+](=O)[O-]. The molecule has 0 aliphatic heterocycles. The van der Waals surface area contributed by atoms with Gasteiger partial charge >= 0.3 is 0 Å². The van der Waals surface area contributed by atoms with Crippen LogP contribution in [0.1, 0.15) is 45.4 Å². The van der Waals surface area contributed by atoms with Crippen molar-refractivity contribution in [3.63, 3.8) is 0 Å². The van der Waals surface area contributed by atoms with Gasteiger partial charge in [0.25, 0.3) is 0 Å². The minimum atomic E-state index is -0.766. The number of aliphatic hydroxyl groups is 1. The monoisotopic (exact) mass is 201 g/mol. The molecule has 1 fully saturated rings. The maximum absolute atomic E-state index is 10.7. The van der Waals surface area contributed by atoms with E-state index in [1.54, 1.807) is 6.92 Å². The Bertz CT molecular complexity index is 190. The molecule has 0 spiro atoms. The van der Waals surface area contributed by atoms with Gasteiger partial charge in [-0.05, 0) is 18.8 Å². The average Bonchev–Trinajstić information content (AvgIpc) is 2.19. The summed E-state index contributed by atoms with van der Waals surface area (Å²) < 4.78 is 0. The van der Waals surface area contributed by atoms with E-state index >= 15 is 0 Å². The summed E-state index contributed by atoms with van der Waals surface area (Å²) in [5.74, 6) is 0.152. The first-order valence-corrected chi connectivity index (χ1v) is 5.48. The highest BCUT2D eigenvalue weighted by atomic mass is 16.6. The molecule has 14 heavy (non-hydrogen) atoms. The number of nitro groups is 1. The van der Waals surface area contributed by atoms with E-state index in [0.717, 1.165) is 25.7 Å². The summed E-state index contributed by atoms with van der Waals surface area (Å²) >= 11 is 0. The molecule has 0 amide bonds. The van der Waals surface area contributed by atoms with Crippen molar-refractivity contribution in [3.8, 4) is 0 Å². The van der Waals surface area contributed by atoms with Crippen LogP contribution in [0.5, 0.6) is 0 Å². The molecule has 0 aromatic rings. The molecule has 0 radical (unpaired) electrons. The van der Waals surface area contributed by atoms with Crippen molar-refractivity contribution in [2.45, 2.75) is 57.6 Å². The van der Waals surface area contributed by atoms with Crippen LogP contribution in [0, 0.1) is 16.0 Å². The minimum Gasteiger partial charge on any atom is -0.386 e. The maximum Gasteiger partial charge on any atom is 0.238 e. The lowest BCUT2D eigenvalue weighted by Crippen LogP contribution is -2.39. The Hall–Kier alpha value is -0.640. The van der Waals surface area contributed by atoms with Crippen molar-refractivity contribution < 1.29 is 10.0 Å². The number of hydrogen-bond acceptors (Lipinski definition) is 3. The molecule has 2 atom stereocenters. The third kappa shape index (κ3) is 2.67. The Balaban J connectivity index is 2.51. The van der Waals surface area contributed by atoms with Crippen LogP contribution < -0.4 is 0 Å². The van der Waals surface area contributed by atoms with E-state index < -0.39 is 12.1 Å². The van der Waals surface area contributed by atoms with Crippen LogP contribution in [0.15, 0.2) is 0 Å². The standard InChI is InChI=1S/C10H19NO3/c1-2-9(11(13)14)10(12)8-6-4-3-5-7-8/h8-10,12H,2-7H2,1H3/t9-,10+/m1/s1. The first-order valence-electron chi connectivity index (χ1n) is 5.48. The van der Waals surface area contributed by atoms with Crippen LogP contribution in [-0.4, -0.2) is 22.2 Å². The van der Waals surface area contributed by atoms with E-state index in [1.807, 2.05) is 0 Å². The first kappa shape index (κ1) is 11.4. The van der Waals surface area contributed by atoms with Gasteiger partial charge in [-0.3, -0.25) is 10.1 Å². The molecular weight excluding hydrogens is 182 g/mol. The lowest BCUT2D eigenvalue weighted by Gasteiger charge is -2.27. The fourth-order valence-corrected chi connectivity index (χ4v) is 2.31. The van der Waals surface area contributed by atoms with Crippen molar-refractivity contribution >= 4 is 0 Å². The zero-order valence-corrected chi connectivity index (χ0v) is 8.69. The Kier molecular flexibility index (Phi) is 4.32. The Labute approximate surface area is 84.5 Å². The molecule has 0 heterocycles. The molecule has 1 aliphatic carbocycles. The molecule has 0 aromatic heterocycles. The van der Waals surface area contributed by atoms with E-state index in [-0.39, 0.29) is 10.8 Å². The smallest absolute Gasteiger partial charge is 0.238 e. The Morgan fingerprint density at radius 1 is 1.43 bits per heavy atom. The average molecular weight is 201 g/mol. The second-order valence-corrected chi connectivity index (χ2v) is 4.15. The van der Waals surface area contributed by atoms with E-state index in [2.05, 4.69) is 0 Å². The molecule has 1 N–H and O–H groups in total. The normalized spacial score (nSPS) is 23.0. The van der Waals surface area contributed by atoms with Crippen molar-refractivity contribution in [3.05, 3.63) is 10.1 Å². The van der Waals surface area contributed by atoms with Gasteiger partial charge in [-0.25, -0.2) is 0 Å². The third-order valence-electron chi connectivity index (χ3n) is 3.22. The zero-order valence-electron chi connectivity index (χ0n) is 8.69.